The summed E-state index contributed by atoms with van der Waals surface area (Å²) in [6, 6.07) is 3.95. The highest BCUT2D eigenvalue weighted by molar-refractivity contribution is 7.13. The summed E-state index contributed by atoms with van der Waals surface area (Å²) < 4.78 is 7.21. The van der Waals surface area contributed by atoms with Gasteiger partial charge in [-0.05, 0) is 31.4 Å². The number of rotatable bonds is 5. The second-order valence-electron chi connectivity index (χ2n) is 7.13. The average molecular weight is 413 g/mol. The Labute approximate surface area is 173 Å². The Balaban J connectivity index is 1.30. The number of aromatic nitrogens is 4. The first-order chi connectivity index (χ1) is 14.0. The minimum atomic E-state index is 0.0325. The second kappa shape index (κ2) is 8.30. The Morgan fingerprint density at radius 2 is 2.07 bits per heavy atom. The van der Waals surface area contributed by atoms with E-state index in [1.807, 2.05) is 54.1 Å². The van der Waals surface area contributed by atoms with Crippen LogP contribution in [0.3, 0.4) is 0 Å². The monoisotopic (exact) mass is 412 g/mol. The minimum absolute atomic E-state index is 0.0325. The normalized spacial score (nSPS) is 15.5. The smallest absolute Gasteiger partial charge is 0.246 e. The van der Waals surface area contributed by atoms with Gasteiger partial charge in [-0.15, -0.1) is 11.3 Å². The lowest BCUT2D eigenvalue weighted by atomic mass is 10.2. The van der Waals surface area contributed by atoms with E-state index in [0.29, 0.717) is 31.3 Å². The van der Waals surface area contributed by atoms with Gasteiger partial charge in [0.25, 0.3) is 0 Å². The van der Waals surface area contributed by atoms with E-state index >= 15 is 0 Å². The predicted octanol–water partition coefficient (Wildman–Crippen LogP) is 2.51. The highest BCUT2D eigenvalue weighted by Crippen LogP contribution is 2.22. The molecule has 1 amide bonds. The van der Waals surface area contributed by atoms with Gasteiger partial charge in [-0.2, -0.15) is 10.1 Å². The molecule has 0 bridgehead atoms. The van der Waals surface area contributed by atoms with Crippen molar-refractivity contribution in [2.45, 2.75) is 20.4 Å². The molecule has 1 fully saturated rings. The summed E-state index contributed by atoms with van der Waals surface area (Å²) in [5.41, 5.74) is 3.00. The van der Waals surface area contributed by atoms with Gasteiger partial charge in [0.15, 0.2) is 0 Å². The number of thiophene rings is 1. The number of piperazine rings is 1. The summed E-state index contributed by atoms with van der Waals surface area (Å²) in [6.45, 7) is 7.48. The van der Waals surface area contributed by atoms with Crippen LogP contribution >= 0.6 is 11.3 Å². The molecular weight excluding hydrogens is 388 g/mol. The fraction of sp³-hybridized carbons (Fsp3) is 0.400. The van der Waals surface area contributed by atoms with Crippen LogP contribution in [0.5, 0.6) is 0 Å². The Morgan fingerprint density at radius 1 is 1.28 bits per heavy atom. The van der Waals surface area contributed by atoms with Crippen LogP contribution in [0.15, 0.2) is 28.1 Å². The summed E-state index contributed by atoms with van der Waals surface area (Å²) in [5.74, 6) is 1.27. The number of hydrogen-bond acceptors (Lipinski definition) is 7. The van der Waals surface area contributed by atoms with Gasteiger partial charge >= 0.3 is 0 Å². The summed E-state index contributed by atoms with van der Waals surface area (Å²) in [5, 5.41) is 10.4. The first kappa shape index (κ1) is 19.5. The average Bonchev–Trinajstić information content (AvgIpc) is 3.44. The first-order valence-corrected chi connectivity index (χ1v) is 10.4. The van der Waals surface area contributed by atoms with Crippen molar-refractivity contribution in [3.63, 3.8) is 0 Å². The van der Waals surface area contributed by atoms with Crippen molar-refractivity contribution in [2.75, 3.05) is 26.2 Å². The number of carbonyl (C=O) groups is 1. The lowest BCUT2D eigenvalue weighted by Gasteiger charge is -2.33. The third-order valence-corrected chi connectivity index (χ3v) is 6.08. The highest BCUT2D eigenvalue weighted by atomic mass is 32.1. The molecule has 1 aliphatic rings. The maximum atomic E-state index is 12.6. The quantitative estimate of drug-likeness (QED) is 0.599. The summed E-state index contributed by atoms with van der Waals surface area (Å²) in [7, 11) is 1.91. The Kier molecular flexibility index (Phi) is 5.59. The number of nitrogens with zero attached hydrogens (tertiary/aromatic N) is 6. The van der Waals surface area contributed by atoms with Crippen LogP contribution in [0.4, 0.5) is 0 Å². The van der Waals surface area contributed by atoms with Crippen molar-refractivity contribution < 1.29 is 9.32 Å². The van der Waals surface area contributed by atoms with Gasteiger partial charge < -0.3 is 9.42 Å². The van der Waals surface area contributed by atoms with Crippen molar-refractivity contribution in [1.29, 1.82) is 0 Å². The van der Waals surface area contributed by atoms with E-state index in [0.717, 1.165) is 34.9 Å². The van der Waals surface area contributed by atoms with Gasteiger partial charge in [-0.3, -0.25) is 14.4 Å². The van der Waals surface area contributed by atoms with E-state index in [1.165, 1.54) is 0 Å². The predicted molar refractivity (Wildman–Crippen MR) is 111 cm³/mol. The molecule has 0 N–H and O–H groups in total. The molecule has 3 aromatic rings. The molecule has 9 heteroatoms. The van der Waals surface area contributed by atoms with Gasteiger partial charge in [-0.1, -0.05) is 11.2 Å². The molecule has 4 rings (SSSR count). The standard InChI is InChI=1S/C20H24N6O2S/c1-14-16(15(2)24(3)22-14)6-7-19(27)26-10-8-25(9-11-26)13-18-21-20(23-28-18)17-5-4-12-29-17/h4-7,12H,8-11,13H2,1-3H3/b7-6+. The highest BCUT2D eigenvalue weighted by Gasteiger charge is 2.22. The topological polar surface area (TPSA) is 80.3 Å². The summed E-state index contributed by atoms with van der Waals surface area (Å²) in [6.07, 6.45) is 3.52. The van der Waals surface area contributed by atoms with Crippen LogP contribution in [0.25, 0.3) is 16.8 Å². The lowest BCUT2D eigenvalue weighted by molar-refractivity contribution is -0.127. The number of aryl methyl sites for hydroxylation is 2. The molecule has 0 spiro atoms. The third kappa shape index (κ3) is 4.30. The van der Waals surface area contributed by atoms with E-state index in [-0.39, 0.29) is 5.91 Å². The zero-order valence-corrected chi connectivity index (χ0v) is 17.6. The van der Waals surface area contributed by atoms with E-state index < -0.39 is 0 Å². The molecule has 4 heterocycles. The molecule has 1 aliphatic heterocycles. The first-order valence-electron chi connectivity index (χ1n) is 9.57. The fourth-order valence-electron chi connectivity index (χ4n) is 3.43. The molecule has 3 aromatic heterocycles. The fourth-order valence-corrected chi connectivity index (χ4v) is 4.08. The molecule has 0 atom stereocenters. The van der Waals surface area contributed by atoms with E-state index in [9.17, 15) is 4.79 Å². The Morgan fingerprint density at radius 3 is 2.72 bits per heavy atom. The number of carbonyl (C=O) groups excluding carboxylic acids is 1. The molecule has 0 radical (unpaired) electrons. The van der Waals surface area contributed by atoms with Crippen molar-refractivity contribution >= 4 is 23.3 Å². The van der Waals surface area contributed by atoms with E-state index in [1.54, 1.807) is 17.4 Å². The number of hydrogen-bond donors (Lipinski definition) is 0. The maximum Gasteiger partial charge on any atom is 0.246 e. The summed E-state index contributed by atoms with van der Waals surface area (Å²) >= 11 is 1.59. The van der Waals surface area contributed by atoms with Crippen LogP contribution < -0.4 is 0 Å². The van der Waals surface area contributed by atoms with Gasteiger partial charge in [0.05, 0.1) is 17.1 Å². The Hall–Kier alpha value is -2.78. The van der Waals surface area contributed by atoms with Crippen LogP contribution in [0, 0.1) is 13.8 Å². The molecular formula is C20H24N6O2S. The van der Waals surface area contributed by atoms with Crippen molar-refractivity contribution in [1.82, 2.24) is 29.7 Å². The van der Waals surface area contributed by atoms with Gasteiger partial charge in [-0.25, -0.2) is 0 Å². The molecule has 0 aromatic carbocycles. The third-order valence-electron chi connectivity index (χ3n) is 5.21. The molecule has 0 saturated carbocycles. The molecule has 0 aliphatic carbocycles. The zero-order valence-electron chi connectivity index (χ0n) is 16.8. The van der Waals surface area contributed by atoms with Gasteiger partial charge in [0.1, 0.15) is 0 Å². The van der Waals surface area contributed by atoms with Crippen LogP contribution in [-0.4, -0.2) is 61.8 Å². The molecule has 8 nitrogen and oxygen atoms in total. The maximum absolute atomic E-state index is 12.6. The molecule has 29 heavy (non-hydrogen) atoms. The minimum Gasteiger partial charge on any atom is -0.338 e. The van der Waals surface area contributed by atoms with Crippen LogP contribution in [0.2, 0.25) is 0 Å². The van der Waals surface area contributed by atoms with Gasteiger partial charge in [0, 0.05) is 50.6 Å². The molecule has 1 saturated heterocycles. The van der Waals surface area contributed by atoms with Crippen molar-refractivity contribution in [3.05, 3.63) is 46.4 Å². The van der Waals surface area contributed by atoms with Crippen LogP contribution in [-0.2, 0) is 18.4 Å². The van der Waals surface area contributed by atoms with E-state index in [4.69, 9.17) is 4.52 Å². The van der Waals surface area contributed by atoms with Crippen molar-refractivity contribution in [3.8, 4) is 10.7 Å². The van der Waals surface area contributed by atoms with E-state index in [2.05, 4.69) is 20.1 Å². The summed E-state index contributed by atoms with van der Waals surface area (Å²) in [4.78, 5) is 22.1. The SMILES string of the molecule is Cc1nn(C)c(C)c1/C=C/C(=O)N1CCN(Cc2nc(-c3cccs3)no2)CC1. The Bertz CT molecular complexity index is 1010. The zero-order chi connectivity index (χ0) is 20.4. The van der Waals surface area contributed by atoms with Gasteiger partial charge in [0.2, 0.25) is 17.6 Å². The largest absolute Gasteiger partial charge is 0.338 e. The molecule has 152 valence electrons. The van der Waals surface area contributed by atoms with Crippen LogP contribution in [0.1, 0.15) is 22.8 Å². The number of amides is 1. The molecule has 0 unspecified atom stereocenters. The second-order valence-corrected chi connectivity index (χ2v) is 8.08. The van der Waals surface area contributed by atoms with Crippen molar-refractivity contribution in [2.24, 2.45) is 7.05 Å². The lowest BCUT2D eigenvalue weighted by Crippen LogP contribution is -2.47.